The van der Waals surface area contributed by atoms with Crippen LogP contribution < -0.4 is 0 Å². The quantitative estimate of drug-likeness (QED) is 0.545. The van der Waals surface area contributed by atoms with E-state index in [2.05, 4.69) is 9.97 Å². The minimum absolute atomic E-state index is 0.411. The van der Waals surface area contributed by atoms with Gasteiger partial charge in [-0.05, 0) is 18.9 Å². The van der Waals surface area contributed by atoms with Crippen molar-refractivity contribution < 1.29 is 4.74 Å². The summed E-state index contributed by atoms with van der Waals surface area (Å²) >= 11 is 1.67. The summed E-state index contributed by atoms with van der Waals surface area (Å²) in [5.74, 6) is 0.976. The van der Waals surface area contributed by atoms with Gasteiger partial charge in [-0.25, -0.2) is 9.97 Å². The molecular weight excluding hydrogens is 184 g/mol. The first-order valence-electron chi connectivity index (χ1n) is 4.46. The second-order valence-corrected chi connectivity index (χ2v) is 3.96. The van der Waals surface area contributed by atoms with E-state index in [1.54, 1.807) is 24.2 Å². The lowest BCUT2D eigenvalue weighted by atomic mass is 10.3. The summed E-state index contributed by atoms with van der Waals surface area (Å²) in [7, 11) is 0. The topological polar surface area (TPSA) is 35.0 Å². The minimum atomic E-state index is 0.411. The first-order valence-corrected chi connectivity index (χ1v) is 5.45. The Morgan fingerprint density at radius 1 is 1.46 bits per heavy atom. The van der Waals surface area contributed by atoms with Gasteiger partial charge >= 0.3 is 0 Å². The van der Waals surface area contributed by atoms with E-state index in [0.717, 1.165) is 17.5 Å². The van der Waals surface area contributed by atoms with Crippen molar-refractivity contribution in [2.75, 3.05) is 12.4 Å². The van der Waals surface area contributed by atoms with Crippen LogP contribution in [0.5, 0.6) is 0 Å². The van der Waals surface area contributed by atoms with Crippen LogP contribution in [0, 0.1) is 0 Å². The van der Waals surface area contributed by atoms with Crippen molar-refractivity contribution in [3.05, 3.63) is 18.5 Å². The van der Waals surface area contributed by atoms with Crippen LogP contribution in [-0.2, 0) is 4.74 Å². The molecule has 0 spiro atoms. The molecule has 0 aliphatic carbocycles. The molecule has 0 amide bonds. The van der Waals surface area contributed by atoms with E-state index in [1.165, 1.54) is 12.8 Å². The molecule has 2 rings (SSSR count). The second kappa shape index (κ2) is 4.58. The summed E-state index contributed by atoms with van der Waals surface area (Å²) < 4.78 is 5.50. The molecular formula is C9H12N2OS. The molecule has 0 aromatic carbocycles. The zero-order valence-electron chi connectivity index (χ0n) is 7.35. The van der Waals surface area contributed by atoms with Crippen molar-refractivity contribution in [3.8, 4) is 0 Å². The maximum Gasteiger partial charge on any atom is 0.187 e. The Bertz CT molecular complexity index is 249. The monoisotopic (exact) mass is 196 g/mol. The summed E-state index contributed by atoms with van der Waals surface area (Å²) in [6.45, 7) is 0.918. The first kappa shape index (κ1) is 8.97. The van der Waals surface area contributed by atoms with Gasteiger partial charge in [0, 0.05) is 24.8 Å². The smallest absolute Gasteiger partial charge is 0.187 e. The summed E-state index contributed by atoms with van der Waals surface area (Å²) in [6, 6.07) is 1.83. The summed E-state index contributed by atoms with van der Waals surface area (Å²) in [6.07, 6.45) is 6.32. The molecule has 1 saturated heterocycles. The highest BCUT2D eigenvalue weighted by Gasteiger charge is 2.15. The van der Waals surface area contributed by atoms with Crippen LogP contribution >= 0.6 is 11.8 Å². The van der Waals surface area contributed by atoms with Gasteiger partial charge in [0.05, 0.1) is 6.10 Å². The fraction of sp³-hybridized carbons (Fsp3) is 0.556. The fourth-order valence-electron chi connectivity index (χ4n) is 1.30. The molecule has 0 radical (unpaired) electrons. The van der Waals surface area contributed by atoms with E-state index in [9.17, 15) is 0 Å². The minimum Gasteiger partial charge on any atom is -0.377 e. The highest BCUT2D eigenvalue weighted by molar-refractivity contribution is 7.99. The molecule has 1 aliphatic heterocycles. The summed E-state index contributed by atoms with van der Waals surface area (Å²) in [5, 5.41) is 0.845. The van der Waals surface area contributed by atoms with Gasteiger partial charge in [-0.15, -0.1) is 0 Å². The zero-order valence-corrected chi connectivity index (χ0v) is 8.17. The van der Waals surface area contributed by atoms with Crippen LogP contribution in [0.3, 0.4) is 0 Å². The van der Waals surface area contributed by atoms with Crippen LogP contribution in [0.1, 0.15) is 12.8 Å². The molecule has 1 fully saturated rings. The molecule has 1 aliphatic rings. The predicted octanol–water partition coefficient (Wildman–Crippen LogP) is 1.75. The van der Waals surface area contributed by atoms with Crippen molar-refractivity contribution in [2.45, 2.75) is 24.1 Å². The predicted molar refractivity (Wildman–Crippen MR) is 51.7 cm³/mol. The van der Waals surface area contributed by atoms with Crippen LogP contribution in [0.4, 0.5) is 0 Å². The van der Waals surface area contributed by atoms with Gasteiger partial charge in [0.15, 0.2) is 5.16 Å². The zero-order chi connectivity index (χ0) is 8.93. The molecule has 1 aromatic rings. The third kappa shape index (κ3) is 2.67. The van der Waals surface area contributed by atoms with Gasteiger partial charge in [0.1, 0.15) is 0 Å². The van der Waals surface area contributed by atoms with E-state index in [1.807, 2.05) is 6.07 Å². The number of hydrogen-bond donors (Lipinski definition) is 0. The highest BCUT2D eigenvalue weighted by Crippen LogP contribution is 2.20. The molecule has 0 saturated carbocycles. The molecule has 0 bridgehead atoms. The SMILES string of the molecule is c1cnc(SCC2CCCO2)nc1. The standard InChI is InChI=1S/C9H12N2OS/c1-3-8(12-6-1)7-13-9-10-4-2-5-11-9/h2,4-5,8H,1,3,6-7H2. The Hall–Kier alpha value is -0.610. The van der Waals surface area contributed by atoms with Gasteiger partial charge in [-0.2, -0.15) is 0 Å². The molecule has 1 aromatic heterocycles. The van der Waals surface area contributed by atoms with Crippen molar-refractivity contribution in [1.29, 1.82) is 0 Å². The van der Waals surface area contributed by atoms with Gasteiger partial charge in [0.25, 0.3) is 0 Å². The molecule has 1 atom stereocenters. The van der Waals surface area contributed by atoms with Crippen LogP contribution in [-0.4, -0.2) is 28.4 Å². The number of hydrogen-bond acceptors (Lipinski definition) is 4. The number of thioether (sulfide) groups is 1. The second-order valence-electron chi connectivity index (χ2n) is 2.98. The summed E-state index contributed by atoms with van der Waals surface area (Å²) in [4.78, 5) is 8.27. The molecule has 70 valence electrons. The third-order valence-corrected chi connectivity index (χ3v) is 2.97. The van der Waals surface area contributed by atoms with E-state index in [0.29, 0.717) is 6.10 Å². The number of nitrogens with zero attached hydrogens (tertiary/aromatic N) is 2. The van der Waals surface area contributed by atoms with Crippen molar-refractivity contribution in [3.63, 3.8) is 0 Å². The third-order valence-electron chi connectivity index (χ3n) is 1.96. The van der Waals surface area contributed by atoms with Crippen molar-refractivity contribution in [2.24, 2.45) is 0 Å². The Morgan fingerprint density at radius 2 is 2.31 bits per heavy atom. The Labute approximate surface area is 81.9 Å². The maximum absolute atomic E-state index is 5.50. The normalized spacial score (nSPS) is 22.0. The van der Waals surface area contributed by atoms with E-state index >= 15 is 0 Å². The highest BCUT2D eigenvalue weighted by atomic mass is 32.2. The Kier molecular flexibility index (Phi) is 3.16. The Balaban J connectivity index is 1.79. The van der Waals surface area contributed by atoms with Crippen LogP contribution in [0.25, 0.3) is 0 Å². The van der Waals surface area contributed by atoms with Crippen molar-refractivity contribution in [1.82, 2.24) is 9.97 Å². The first-order chi connectivity index (χ1) is 6.45. The van der Waals surface area contributed by atoms with E-state index in [-0.39, 0.29) is 0 Å². The fourth-order valence-corrected chi connectivity index (χ4v) is 2.17. The summed E-state index contributed by atoms with van der Waals surface area (Å²) in [5.41, 5.74) is 0. The lowest BCUT2D eigenvalue weighted by molar-refractivity contribution is 0.129. The van der Waals surface area contributed by atoms with Gasteiger partial charge in [0.2, 0.25) is 0 Å². The van der Waals surface area contributed by atoms with Gasteiger partial charge in [-0.3, -0.25) is 0 Å². The molecule has 0 N–H and O–H groups in total. The van der Waals surface area contributed by atoms with Crippen LogP contribution in [0.15, 0.2) is 23.6 Å². The molecule has 3 nitrogen and oxygen atoms in total. The van der Waals surface area contributed by atoms with Gasteiger partial charge in [-0.1, -0.05) is 11.8 Å². The number of ether oxygens (including phenoxy) is 1. The van der Waals surface area contributed by atoms with Crippen molar-refractivity contribution >= 4 is 11.8 Å². The van der Waals surface area contributed by atoms with Crippen LogP contribution in [0.2, 0.25) is 0 Å². The number of aromatic nitrogens is 2. The molecule has 13 heavy (non-hydrogen) atoms. The maximum atomic E-state index is 5.50. The largest absolute Gasteiger partial charge is 0.377 e. The molecule has 1 unspecified atom stereocenters. The average Bonchev–Trinajstić information content (AvgIpc) is 2.69. The molecule has 2 heterocycles. The lowest BCUT2D eigenvalue weighted by Crippen LogP contribution is -2.08. The van der Waals surface area contributed by atoms with E-state index in [4.69, 9.17) is 4.74 Å². The number of rotatable bonds is 3. The average molecular weight is 196 g/mol. The van der Waals surface area contributed by atoms with Gasteiger partial charge < -0.3 is 4.74 Å². The Morgan fingerprint density at radius 3 is 3.00 bits per heavy atom. The van der Waals surface area contributed by atoms with E-state index < -0.39 is 0 Å². The lowest BCUT2D eigenvalue weighted by Gasteiger charge is -2.06. The molecule has 4 heteroatoms.